The Morgan fingerprint density at radius 3 is 2.41 bits per heavy atom. The lowest BCUT2D eigenvalue weighted by molar-refractivity contribution is -0.122. The Bertz CT molecular complexity index is 1840. The first kappa shape index (κ1) is 30.4. The molecule has 2 aliphatic rings. The number of para-hydroxylation sites is 1. The molecule has 0 N–H and O–H groups in total. The van der Waals surface area contributed by atoms with Crippen molar-refractivity contribution < 1.29 is 17.9 Å². The fourth-order valence-corrected chi connectivity index (χ4v) is 8.25. The van der Waals surface area contributed by atoms with Crippen molar-refractivity contribution in [2.24, 2.45) is 0 Å². The van der Waals surface area contributed by atoms with Gasteiger partial charge in [-0.3, -0.25) is 9.69 Å². The molecule has 0 aliphatic carbocycles. The molecule has 44 heavy (non-hydrogen) atoms. The summed E-state index contributed by atoms with van der Waals surface area (Å²) in [5, 5.41) is 4.87. The molecule has 6 rings (SSSR count). The summed E-state index contributed by atoms with van der Waals surface area (Å²) in [7, 11) is -3.77. The van der Waals surface area contributed by atoms with Crippen molar-refractivity contribution in [1.82, 2.24) is 19.0 Å². The summed E-state index contributed by atoms with van der Waals surface area (Å²) in [6, 6.07) is 24.5. The van der Waals surface area contributed by atoms with E-state index in [1.807, 2.05) is 87.6 Å². The third-order valence-electron chi connectivity index (χ3n) is 7.52. The third-order valence-corrected chi connectivity index (χ3v) is 10.7. The summed E-state index contributed by atoms with van der Waals surface area (Å²) in [5.41, 5.74) is 4.82. The van der Waals surface area contributed by atoms with Crippen LogP contribution in [-0.2, 0) is 26.1 Å². The van der Waals surface area contributed by atoms with E-state index in [1.54, 1.807) is 33.9 Å². The van der Waals surface area contributed by atoms with Crippen molar-refractivity contribution in [2.45, 2.75) is 44.4 Å². The number of hydrogen-bond acceptors (Lipinski definition) is 7. The summed E-state index contributed by atoms with van der Waals surface area (Å²) in [6.07, 6.45) is 3.25. The number of thioether (sulfide) groups is 1. The number of sulfonamides is 1. The molecule has 0 spiro atoms. The van der Waals surface area contributed by atoms with Crippen molar-refractivity contribution in [2.75, 3.05) is 13.1 Å². The second-order valence-electron chi connectivity index (χ2n) is 11.1. The molecule has 11 heteroatoms. The predicted molar refractivity (Wildman–Crippen MR) is 178 cm³/mol. The molecule has 0 saturated carbocycles. The Labute approximate surface area is 267 Å². The van der Waals surface area contributed by atoms with E-state index in [0.717, 1.165) is 16.8 Å². The lowest BCUT2D eigenvalue weighted by atomic mass is 10.1. The van der Waals surface area contributed by atoms with Gasteiger partial charge in [0.15, 0.2) is 0 Å². The largest absolute Gasteiger partial charge is 0.373 e. The first-order valence-electron chi connectivity index (χ1n) is 14.3. The summed E-state index contributed by atoms with van der Waals surface area (Å²) in [6.45, 7) is 6.73. The highest BCUT2D eigenvalue weighted by molar-refractivity contribution is 8.26. The number of thiocarbonyl (C=S) groups is 1. The number of benzene rings is 3. The van der Waals surface area contributed by atoms with Gasteiger partial charge in [-0.15, -0.1) is 0 Å². The van der Waals surface area contributed by atoms with Crippen LogP contribution in [0.3, 0.4) is 0 Å². The van der Waals surface area contributed by atoms with E-state index in [9.17, 15) is 13.2 Å². The molecule has 2 aliphatic heterocycles. The van der Waals surface area contributed by atoms with Crippen LogP contribution < -0.4 is 0 Å². The zero-order chi connectivity index (χ0) is 31.0. The lowest BCUT2D eigenvalue weighted by Crippen LogP contribution is -2.48. The van der Waals surface area contributed by atoms with Gasteiger partial charge in [-0.1, -0.05) is 84.1 Å². The van der Waals surface area contributed by atoms with Gasteiger partial charge in [0.25, 0.3) is 5.91 Å². The van der Waals surface area contributed by atoms with Crippen LogP contribution in [0.5, 0.6) is 0 Å². The molecule has 0 radical (unpaired) electrons. The monoisotopic (exact) mass is 644 g/mol. The van der Waals surface area contributed by atoms with Crippen LogP contribution >= 0.6 is 24.0 Å². The molecule has 3 heterocycles. The minimum Gasteiger partial charge on any atom is -0.373 e. The topological polar surface area (TPSA) is 84.7 Å². The summed E-state index contributed by atoms with van der Waals surface area (Å²) in [4.78, 5) is 15.8. The number of hydrogen-bond donors (Lipinski definition) is 0. The molecule has 1 aromatic heterocycles. The molecule has 2 unspecified atom stereocenters. The molecular formula is C33H32N4O4S3. The van der Waals surface area contributed by atoms with E-state index in [4.69, 9.17) is 22.1 Å². The Hall–Kier alpha value is -3.61. The normalized spacial score (nSPS) is 20.5. The predicted octanol–water partition coefficient (Wildman–Crippen LogP) is 6.05. The Morgan fingerprint density at radius 1 is 1.00 bits per heavy atom. The highest BCUT2D eigenvalue weighted by atomic mass is 32.2. The second-order valence-corrected chi connectivity index (χ2v) is 14.7. The number of aromatic nitrogens is 2. The Balaban J connectivity index is 1.37. The zero-order valence-corrected chi connectivity index (χ0v) is 27.0. The van der Waals surface area contributed by atoms with Gasteiger partial charge in [0.2, 0.25) is 10.0 Å². The lowest BCUT2D eigenvalue weighted by Gasteiger charge is -2.34. The summed E-state index contributed by atoms with van der Waals surface area (Å²) >= 11 is 6.86. The number of morpholine rings is 1. The highest BCUT2D eigenvalue weighted by Crippen LogP contribution is 2.36. The number of amides is 1. The summed E-state index contributed by atoms with van der Waals surface area (Å²) in [5.74, 6) is -0.175. The molecule has 4 aromatic rings. The van der Waals surface area contributed by atoms with Gasteiger partial charge in [0.05, 0.1) is 34.2 Å². The average Bonchev–Trinajstić information content (AvgIpc) is 3.54. The number of nitrogens with zero attached hydrogens (tertiary/aromatic N) is 4. The maximum atomic E-state index is 13.7. The van der Waals surface area contributed by atoms with Crippen molar-refractivity contribution in [3.8, 4) is 16.9 Å². The minimum absolute atomic E-state index is 0.175. The first-order chi connectivity index (χ1) is 21.1. The van der Waals surface area contributed by atoms with Gasteiger partial charge in [-0.05, 0) is 56.7 Å². The van der Waals surface area contributed by atoms with E-state index in [2.05, 4.69) is 0 Å². The highest BCUT2D eigenvalue weighted by Gasteiger charge is 2.34. The first-order valence-corrected chi connectivity index (χ1v) is 17.0. The quantitative estimate of drug-likeness (QED) is 0.179. The average molecular weight is 645 g/mol. The van der Waals surface area contributed by atoms with E-state index in [1.165, 1.54) is 16.1 Å². The molecule has 1 amide bonds. The van der Waals surface area contributed by atoms with Gasteiger partial charge in [0, 0.05) is 30.4 Å². The van der Waals surface area contributed by atoms with Crippen LogP contribution in [0.1, 0.15) is 30.5 Å². The number of ether oxygens (including phenoxy) is 1. The number of carbonyl (C=O) groups is 1. The zero-order valence-electron chi connectivity index (χ0n) is 24.6. The van der Waals surface area contributed by atoms with Crippen molar-refractivity contribution in [3.05, 3.63) is 107 Å². The van der Waals surface area contributed by atoms with Crippen LogP contribution in [0.15, 0.2) is 94.9 Å². The Kier molecular flexibility index (Phi) is 8.58. The van der Waals surface area contributed by atoms with Crippen LogP contribution in [0.25, 0.3) is 23.0 Å². The molecule has 2 fully saturated rings. The van der Waals surface area contributed by atoms with Crippen LogP contribution in [0.4, 0.5) is 0 Å². The van der Waals surface area contributed by atoms with E-state index < -0.39 is 10.0 Å². The fraction of sp³-hybridized carbons (Fsp3) is 0.242. The molecule has 0 bridgehead atoms. The van der Waals surface area contributed by atoms with Gasteiger partial charge in [-0.25, -0.2) is 13.1 Å². The van der Waals surface area contributed by atoms with Crippen LogP contribution in [-0.4, -0.2) is 62.9 Å². The molecule has 3 aromatic carbocycles. The van der Waals surface area contributed by atoms with E-state index in [0.29, 0.717) is 32.6 Å². The fourth-order valence-electron chi connectivity index (χ4n) is 5.36. The van der Waals surface area contributed by atoms with E-state index >= 15 is 0 Å². The molecular weight excluding hydrogens is 613 g/mol. The smallest absolute Gasteiger partial charge is 0.266 e. The third kappa shape index (κ3) is 6.29. The van der Waals surface area contributed by atoms with Crippen LogP contribution in [0.2, 0.25) is 0 Å². The maximum Gasteiger partial charge on any atom is 0.266 e. The standard InChI is InChI=1S/C33H32N4O4S3/c1-22-12-14-25(15-13-22)20-36-32(38)30(43-33(36)42)17-27-21-37(28-9-5-4-6-10-28)34-31(27)26-8-7-11-29(16-26)44(39,40)35-18-23(2)41-24(3)19-35/h4-17,21,23-24H,18-20H2,1-3H3. The molecule has 8 nitrogen and oxygen atoms in total. The molecule has 2 atom stereocenters. The van der Waals surface area contributed by atoms with Crippen molar-refractivity contribution >= 4 is 50.3 Å². The van der Waals surface area contributed by atoms with Crippen LogP contribution in [0, 0.1) is 6.92 Å². The van der Waals surface area contributed by atoms with Gasteiger partial charge < -0.3 is 4.74 Å². The summed E-state index contributed by atoms with van der Waals surface area (Å²) < 4.78 is 36.9. The van der Waals surface area contributed by atoms with Crippen molar-refractivity contribution in [3.63, 3.8) is 0 Å². The second kappa shape index (κ2) is 12.4. The Morgan fingerprint density at radius 2 is 1.70 bits per heavy atom. The van der Waals surface area contributed by atoms with E-state index in [-0.39, 0.29) is 36.1 Å². The number of rotatable bonds is 7. The van der Waals surface area contributed by atoms with Gasteiger partial charge in [0.1, 0.15) is 10.0 Å². The molecule has 2 saturated heterocycles. The minimum atomic E-state index is -3.77. The molecule has 226 valence electrons. The van der Waals surface area contributed by atoms with Crippen molar-refractivity contribution in [1.29, 1.82) is 0 Å². The number of aryl methyl sites for hydroxylation is 1. The SMILES string of the molecule is Cc1ccc(CN2C(=O)C(=Cc3cn(-c4ccccc4)nc3-c3cccc(S(=O)(=O)N4CC(C)OC(C)C4)c3)SC2=S)cc1. The number of carbonyl (C=O) groups excluding carboxylic acids is 1. The maximum absolute atomic E-state index is 13.7. The van der Waals surface area contributed by atoms with Gasteiger partial charge in [-0.2, -0.15) is 9.40 Å². The van der Waals surface area contributed by atoms with Gasteiger partial charge >= 0.3 is 0 Å².